The molecule has 22 heavy (non-hydrogen) atoms. The molecule has 1 fully saturated rings. The van der Waals surface area contributed by atoms with Gasteiger partial charge in [0, 0.05) is 38.4 Å². The number of hydrogen-bond acceptors (Lipinski definition) is 3. The lowest BCUT2D eigenvalue weighted by Crippen LogP contribution is -2.46. The van der Waals surface area contributed by atoms with E-state index in [0.717, 1.165) is 18.4 Å². The summed E-state index contributed by atoms with van der Waals surface area (Å²) in [4.78, 5) is 14.0. The van der Waals surface area contributed by atoms with E-state index in [9.17, 15) is 4.79 Å². The van der Waals surface area contributed by atoms with Gasteiger partial charge in [0.2, 0.25) is 0 Å². The zero-order chi connectivity index (χ0) is 15.9. The van der Waals surface area contributed by atoms with E-state index in [2.05, 4.69) is 5.32 Å². The van der Waals surface area contributed by atoms with Gasteiger partial charge < -0.3 is 20.1 Å². The van der Waals surface area contributed by atoms with Crippen LogP contribution in [-0.4, -0.2) is 49.4 Å². The van der Waals surface area contributed by atoms with Crippen molar-refractivity contribution in [3.8, 4) is 0 Å². The first-order valence-corrected chi connectivity index (χ1v) is 7.93. The highest BCUT2D eigenvalue weighted by Gasteiger charge is 2.22. The Bertz CT molecular complexity index is 490. The summed E-state index contributed by atoms with van der Waals surface area (Å²) in [5.41, 5.74) is 0.939. The van der Waals surface area contributed by atoms with Crippen LogP contribution < -0.4 is 5.32 Å². The Balaban J connectivity index is 1.84. The summed E-state index contributed by atoms with van der Waals surface area (Å²) >= 11 is 5.99. The van der Waals surface area contributed by atoms with E-state index < -0.39 is 0 Å². The van der Waals surface area contributed by atoms with E-state index >= 15 is 0 Å². The minimum Gasteiger partial charge on any atom is -0.396 e. The molecule has 0 saturated carbocycles. The highest BCUT2D eigenvalue weighted by atomic mass is 35.5. The number of nitrogens with zero attached hydrogens (tertiary/aromatic N) is 1. The van der Waals surface area contributed by atoms with Crippen molar-refractivity contribution in [2.75, 3.05) is 33.4 Å². The average Bonchev–Trinajstić information content (AvgIpc) is 2.55. The molecule has 1 aromatic rings. The van der Waals surface area contributed by atoms with Crippen LogP contribution in [0.15, 0.2) is 24.3 Å². The number of urea groups is 1. The van der Waals surface area contributed by atoms with Crippen molar-refractivity contribution in [3.05, 3.63) is 34.9 Å². The summed E-state index contributed by atoms with van der Waals surface area (Å²) in [7, 11) is 1.62. The second-order valence-corrected chi connectivity index (χ2v) is 6.01. The molecule has 1 aliphatic rings. The number of likely N-dealkylation sites (tertiary alicyclic amines) is 1. The molecule has 0 spiro atoms. The van der Waals surface area contributed by atoms with Gasteiger partial charge in [0.1, 0.15) is 0 Å². The third kappa shape index (κ3) is 4.60. The zero-order valence-corrected chi connectivity index (χ0v) is 13.6. The van der Waals surface area contributed by atoms with Crippen molar-refractivity contribution in [3.63, 3.8) is 0 Å². The quantitative estimate of drug-likeness (QED) is 0.873. The number of nitrogens with one attached hydrogen (secondary N) is 1. The van der Waals surface area contributed by atoms with Gasteiger partial charge in [-0.05, 0) is 36.5 Å². The number of carbonyl (C=O) groups is 1. The molecule has 1 unspecified atom stereocenters. The first-order valence-electron chi connectivity index (χ1n) is 7.56. The maximum absolute atomic E-state index is 12.2. The van der Waals surface area contributed by atoms with Crippen LogP contribution in [0.5, 0.6) is 0 Å². The number of rotatable bonds is 5. The number of halogens is 1. The lowest BCUT2D eigenvalue weighted by molar-refractivity contribution is 0.0980. The molecule has 0 radical (unpaired) electrons. The summed E-state index contributed by atoms with van der Waals surface area (Å²) in [6.45, 7) is 1.98. The summed E-state index contributed by atoms with van der Waals surface area (Å²) in [6, 6.07) is 7.36. The van der Waals surface area contributed by atoms with E-state index in [1.165, 1.54) is 0 Å². The standard InChI is InChI=1S/C16H23ClN2O3/c1-22-15(13-3-2-4-14(17)9-13)10-18-16(21)19-7-5-12(11-20)6-8-19/h2-4,9,12,15,20H,5-8,10-11H2,1H3,(H,18,21). The molecular formula is C16H23ClN2O3. The lowest BCUT2D eigenvalue weighted by Gasteiger charge is -2.31. The molecule has 0 aromatic heterocycles. The smallest absolute Gasteiger partial charge is 0.317 e. The fourth-order valence-electron chi connectivity index (χ4n) is 2.65. The molecule has 2 rings (SSSR count). The number of amides is 2. The fraction of sp³-hybridized carbons (Fsp3) is 0.562. The zero-order valence-electron chi connectivity index (χ0n) is 12.8. The molecular weight excluding hydrogens is 304 g/mol. The highest BCUT2D eigenvalue weighted by Crippen LogP contribution is 2.20. The van der Waals surface area contributed by atoms with Crippen molar-refractivity contribution in [1.29, 1.82) is 0 Å². The number of carbonyl (C=O) groups excluding carboxylic acids is 1. The Morgan fingerprint density at radius 3 is 2.82 bits per heavy atom. The highest BCUT2D eigenvalue weighted by molar-refractivity contribution is 6.30. The maximum Gasteiger partial charge on any atom is 0.317 e. The Hall–Kier alpha value is -1.30. The number of benzene rings is 1. The number of piperidine rings is 1. The summed E-state index contributed by atoms with van der Waals surface area (Å²) in [6.07, 6.45) is 1.48. The monoisotopic (exact) mass is 326 g/mol. The van der Waals surface area contributed by atoms with Gasteiger partial charge in [-0.15, -0.1) is 0 Å². The molecule has 1 heterocycles. The predicted octanol–water partition coefficient (Wildman–Crippen LogP) is 2.44. The Kier molecular flexibility index (Phi) is 6.49. The molecule has 1 aliphatic heterocycles. The van der Waals surface area contributed by atoms with Gasteiger partial charge in [0.15, 0.2) is 0 Å². The Labute approximate surface area is 136 Å². The number of ether oxygens (including phenoxy) is 1. The molecule has 122 valence electrons. The second-order valence-electron chi connectivity index (χ2n) is 5.58. The molecule has 5 nitrogen and oxygen atoms in total. The van der Waals surface area contributed by atoms with Gasteiger partial charge in [-0.25, -0.2) is 4.79 Å². The summed E-state index contributed by atoms with van der Waals surface area (Å²) in [5.74, 6) is 0.322. The van der Waals surface area contributed by atoms with Crippen molar-refractivity contribution < 1.29 is 14.6 Å². The molecule has 0 aliphatic carbocycles. The van der Waals surface area contributed by atoms with Gasteiger partial charge in [0.25, 0.3) is 0 Å². The maximum atomic E-state index is 12.2. The Morgan fingerprint density at radius 1 is 1.50 bits per heavy atom. The molecule has 1 atom stereocenters. The van der Waals surface area contributed by atoms with Crippen LogP contribution in [0.4, 0.5) is 4.79 Å². The largest absolute Gasteiger partial charge is 0.396 e. The average molecular weight is 327 g/mol. The fourth-order valence-corrected chi connectivity index (χ4v) is 2.85. The molecule has 1 aromatic carbocycles. The Morgan fingerprint density at radius 2 is 2.23 bits per heavy atom. The minimum absolute atomic E-state index is 0.0829. The van der Waals surface area contributed by atoms with Gasteiger partial charge >= 0.3 is 6.03 Å². The van der Waals surface area contributed by atoms with Crippen molar-refractivity contribution in [1.82, 2.24) is 10.2 Å². The van der Waals surface area contributed by atoms with Crippen LogP contribution in [0.1, 0.15) is 24.5 Å². The number of aliphatic hydroxyl groups excluding tert-OH is 1. The van der Waals surface area contributed by atoms with E-state index in [4.69, 9.17) is 21.4 Å². The molecule has 2 amide bonds. The topological polar surface area (TPSA) is 61.8 Å². The summed E-state index contributed by atoms with van der Waals surface area (Å²) in [5, 5.41) is 12.7. The van der Waals surface area contributed by atoms with Gasteiger partial charge in [-0.1, -0.05) is 23.7 Å². The SMILES string of the molecule is COC(CNC(=O)N1CCC(CO)CC1)c1cccc(Cl)c1. The van der Waals surface area contributed by atoms with Crippen LogP contribution in [0.2, 0.25) is 5.02 Å². The number of aliphatic hydroxyl groups is 1. The van der Waals surface area contributed by atoms with E-state index in [1.54, 1.807) is 12.0 Å². The van der Waals surface area contributed by atoms with Crippen molar-refractivity contribution >= 4 is 17.6 Å². The van der Waals surface area contributed by atoms with Crippen LogP contribution in [-0.2, 0) is 4.74 Å². The molecule has 0 bridgehead atoms. The third-order valence-electron chi connectivity index (χ3n) is 4.10. The van der Waals surface area contributed by atoms with Gasteiger partial charge in [-0.3, -0.25) is 0 Å². The predicted molar refractivity (Wildman–Crippen MR) is 86.0 cm³/mol. The number of methoxy groups -OCH3 is 1. The lowest BCUT2D eigenvalue weighted by atomic mass is 9.98. The molecule has 1 saturated heterocycles. The van der Waals surface area contributed by atoms with Crippen LogP contribution >= 0.6 is 11.6 Å². The first-order chi connectivity index (χ1) is 10.6. The molecule has 6 heteroatoms. The van der Waals surface area contributed by atoms with Crippen molar-refractivity contribution in [2.24, 2.45) is 5.92 Å². The normalized spacial score (nSPS) is 17.3. The van der Waals surface area contributed by atoms with Gasteiger partial charge in [0.05, 0.1) is 6.10 Å². The van der Waals surface area contributed by atoms with Crippen molar-refractivity contribution in [2.45, 2.75) is 18.9 Å². The third-order valence-corrected chi connectivity index (χ3v) is 4.34. The minimum atomic E-state index is -0.224. The van der Waals surface area contributed by atoms with E-state index in [1.807, 2.05) is 24.3 Å². The van der Waals surface area contributed by atoms with Crippen LogP contribution in [0, 0.1) is 5.92 Å². The van der Waals surface area contributed by atoms with Crippen LogP contribution in [0.3, 0.4) is 0 Å². The number of hydrogen-bond donors (Lipinski definition) is 2. The van der Waals surface area contributed by atoms with Gasteiger partial charge in [-0.2, -0.15) is 0 Å². The second kappa shape index (κ2) is 8.36. The van der Waals surface area contributed by atoms with E-state index in [-0.39, 0.29) is 18.7 Å². The van der Waals surface area contributed by atoms with Crippen LogP contribution in [0.25, 0.3) is 0 Å². The molecule has 2 N–H and O–H groups in total. The van der Waals surface area contributed by atoms with E-state index in [0.29, 0.717) is 30.6 Å². The first kappa shape index (κ1) is 17.1. The summed E-state index contributed by atoms with van der Waals surface area (Å²) < 4.78 is 5.44.